The Bertz CT molecular complexity index is 1160. The maximum absolute atomic E-state index is 12.8. The molecule has 0 bridgehead atoms. The summed E-state index contributed by atoms with van der Waals surface area (Å²) in [5.41, 5.74) is 3.30. The standard InChI is InChI=1S/C23H19ClN4O2/c1-30-20-8-5-13-25-23(20)26-21(29)14-17-15-28(19-6-3-2-4-7-19)27-22(17)16-9-11-18(24)12-10-16/h2-13,15H,14H2,1H3,(H,25,26,29). The number of aromatic nitrogens is 3. The molecule has 150 valence electrons. The van der Waals surface area contributed by atoms with E-state index in [4.69, 9.17) is 21.4 Å². The Labute approximate surface area is 179 Å². The maximum Gasteiger partial charge on any atom is 0.230 e. The highest BCUT2D eigenvalue weighted by Crippen LogP contribution is 2.26. The molecule has 30 heavy (non-hydrogen) atoms. The van der Waals surface area contributed by atoms with Gasteiger partial charge < -0.3 is 10.1 Å². The zero-order valence-electron chi connectivity index (χ0n) is 16.2. The average Bonchev–Trinajstić information content (AvgIpc) is 3.19. The molecule has 0 unspecified atom stereocenters. The number of rotatable bonds is 6. The fourth-order valence-electron chi connectivity index (χ4n) is 3.10. The van der Waals surface area contributed by atoms with Crippen molar-refractivity contribution in [2.75, 3.05) is 12.4 Å². The molecular formula is C23H19ClN4O2. The van der Waals surface area contributed by atoms with E-state index in [9.17, 15) is 4.79 Å². The highest BCUT2D eigenvalue weighted by Gasteiger charge is 2.17. The van der Waals surface area contributed by atoms with E-state index in [1.807, 2.05) is 48.7 Å². The molecule has 0 fully saturated rings. The SMILES string of the molecule is COc1cccnc1NC(=O)Cc1cn(-c2ccccc2)nc1-c1ccc(Cl)cc1. The van der Waals surface area contributed by atoms with Crippen LogP contribution in [-0.4, -0.2) is 27.8 Å². The number of para-hydroxylation sites is 1. The van der Waals surface area contributed by atoms with Crippen LogP contribution >= 0.6 is 11.6 Å². The highest BCUT2D eigenvalue weighted by molar-refractivity contribution is 6.30. The fourth-order valence-corrected chi connectivity index (χ4v) is 3.23. The Hall–Kier alpha value is -3.64. The number of nitrogens with zero attached hydrogens (tertiary/aromatic N) is 3. The summed E-state index contributed by atoms with van der Waals surface area (Å²) in [5, 5.41) is 8.18. The van der Waals surface area contributed by atoms with Gasteiger partial charge in [-0.05, 0) is 36.4 Å². The van der Waals surface area contributed by atoms with E-state index >= 15 is 0 Å². The van der Waals surface area contributed by atoms with Crippen LogP contribution in [0.1, 0.15) is 5.56 Å². The average molecular weight is 419 g/mol. The normalized spacial score (nSPS) is 10.6. The van der Waals surface area contributed by atoms with Gasteiger partial charge in [0.05, 0.1) is 24.9 Å². The Morgan fingerprint density at radius 2 is 1.83 bits per heavy atom. The van der Waals surface area contributed by atoms with Crippen LogP contribution in [0.5, 0.6) is 5.75 Å². The predicted octanol–water partition coefficient (Wildman–Crippen LogP) is 4.78. The third kappa shape index (κ3) is 4.34. The van der Waals surface area contributed by atoms with E-state index in [0.717, 1.165) is 22.5 Å². The Morgan fingerprint density at radius 1 is 1.07 bits per heavy atom. The molecule has 0 atom stereocenters. The summed E-state index contributed by atoms with van der Waals surface area (Å²) in [4.78, 5) is 17.0. The number of hydrogen-bond donors (Lipinski definition) is 1. The first-order valence-corrected chi connectivity index (χ1v) is 9.70. The third-order valence-electron chi connectivity index (χ3n) is 4.53. The molecule has 6 nitrogen and oxygen atoms in total. The smallest absolute Gasteiger partial charge is 0.230 e. The van der Waals surface area contributed by atoms with Crippen LogP contribution in [0, 0.1) is 0 Å². The molecule has 0 spiro atoms. The van der Waals surface area contributed by atoms with Gasteiger partial charge >= 0.3 is 0 Å². The Morgan fingerprint density at radius 3 is 2.57 bits per heavy atom. The molecule has 1 N–H and O–H groups in total. The van der Waals surface area contributed by atoms with Crippen LogP contribution in [0.3, 0.4) is 0 Å². The maximum atomic E-state index is 12.8. The van der Waals surface area contributed by atoms with Crippen LogP contribution in [0.2, 0.25) is 5.02 Å². The Kier molecular flexibility index (Phi) is 5.77. The molecule has 0 saturated carbocycles. The molecule has 0 saturated heterocycles. The van der Waals surface area contributed by atoms with Crippen molar-refractivity contribution in [2.45, 2.75) is 6.42 Å². The molecule has 0 aliphatic heterocycles. The first-order valence-electron chi connectivity index (χ1n) is 9.33. The van der Waals surface area contributed by atoms with Gasteiger partial charge in [0.15, 0.2) is 11.6 Å². The van der Waals surface area contributed by atoms with Crippen molar-refractivity contribution in [3.05, 3.63) is 89.7 Å². The summed E-state index contributed by atoms with van der Waals surface area (Å²) in [6.07, 6.45) is 3.60. The third-order valence-corrected chi connectivity index (χ3v) is 4.78. The number of amides is 1. The van der Waals surface area contributed by atoms with Crippen molar-refractivity contribution in [2.24, 2.45) is 0 Å². The first kappa shape index (κ1) is 19.7. The Balaban J connectivity index is 1.66. The monoisotopic (exact) mass is 418 g/mol. The van der Waals surface area contributed by atoms with Gasteiger partial charge in [-0.25, -0.2) is 9.67 Å². The van der Waals surface area contributed by atoms with E-state index in [0.29, 0.717) is 16.6 Å². The number of carbonyl (C=O) groups is 1. The van der Waals surface area contributed by atoms with Crippen molar-refractivity contribution >= 4 is 23.3 Å². The minimum absolute atomic E-state index is 0.129. The van der Waals surface area contributed by atoms with Crippen LogP contribution in [-0.2, 0) is 11.2 Å². The quantitative estimate of drug-likeness (QED) is 0.489. The fraction of sp³-hybridized carbons (Fsp3) is 0.0870. The van der Waals surface area contributed by atoms with E-state index < -0.39 is 0 Å². The van der Waals surface area contributed by atoms with Crippen LogP contribution < -0.4 is 10.1 Å². The van der Waals surface area contributed by atoms with Crippen molar-refractivity contribution in [3.63, 3.8) is 0 Å². The van der Waals surface area contributed by atoms with Crippen molar-refractivity contribution < 1.29 is 9.53 Å². The summed E-state index contributed by atoms with van der Waals surface area (Å²) < 4.78 is 7.03. The van der Waals surface area contributed by atoms with Gasteiger partial charge in [-0.1, -0.05) is 41.9 Å². The number of ether oxygens (including phenoxy) is 1. The topological polar surface area (TPSA) is 69.0 Å². The zero-order chi connectivity index (χ0) is 20.9. The molecule has 7 heteroatoms. The van der Waals surface area contributed by atoms with Crippen molar-refractivity contribution in [1.82, 2.24) is 14.8 Å². The van der Waals surface area contributed by atoms with Crippen molar-refractivity contribution in [1.29, 1.82) is 0 Å². The first-order chi connectivity index (χ1) is 14.6. The second-order valence-corrected chi connectivity index (χ2v) is 7.01. The van der Waals surface area contributed by atoms with Gasteiger partial charge in [0.2, 0.25) is 5.91 Å². The van der Waals surface area contributed by atoms with Crippen LogP contribution in [0.4, 0.5) is 5.82 Å². The highest BCUT2D eigenvalue weighted by atomic mass is 35.5. The van der Waals surface area contributed by atoms with E-state index in [2.05, 4.69) is 10.3 Å². The number of methoxy groups -OCH3 is 1. The molecule has 0 radical (unpaired) electrons. The van der Waals surface area contributed by atoms with Gasteiger partial charge in [0.1, 0.15) is 0 Å². The van der Waals surface area contributed by atoms with Gasteiger partial charge in [-0.2, -0.15) is 5.10 Å². The summed E-state index contributed by atoms with van der Waals surface area (Å²) in [7, 11) is 1.54. The molecule has 0 aliphatic carbocycles. The lowest BCUT2D eigenvalue weighted by Gasteiger charge is -2.08. The molecule has 2 aromatic carbocycles. The number of carbonyl (C=O) groups excluding carboxylic acids is 1. The molecule has 0 aliphatic rings. The second-order valence-electron chi connectivity index (χ2n) is 6.57. The van der Waals surface area contributed by atoms with Gasteiger partial charge in [0.25, 0.3) is 0 Å². The van der Waals surface area contributed by atoms with Gasteiger partial charge in [-0.3, -0.25) is 4.79 Å². The lowest BCUT2D eigenvalue weighted by molar-refractivity contribution is -0.115. The van der Waals surface area contributed by atoms with E-state index in [1.165, 1.54) is 7.11 Å². The summed E-state index contributed by atoms with van der Waals surface area (Å²) >= 11 is 6.03. The molecule has 2 aromatic heterocycles. The lowest BCUT2D eigenvalue weighted by atomic mass is 10.1. The minimum Gasteiger partial charge on any atom is -0.493 e. The van der Waals surface area contributed by atoms with Gasteiger partial charge in [-0.15, -0.1) is 0 Å². The number of benzene rings is 2. The number of hydrogen-bond acceptors (Lipinski definition) is 4. The molecular weight excluding hydrogens is 400 g/mol. The largest absolute Gasteiger partial charge is 0.493 e. The van der Waals surface area contributed by atoms with Crippen LogP contribution in [0.25, 0.3) is 16.9 Å². The lowest BCUT2D eigenvalue weighted by Crippen LogP contribution is -2.16. The van der Waals surface area contributed by atoms with E-state index in [-0.39, 0.29) is 12.3 Å². The minimum atomic E-state index is -0.213. The predicted molar refractivity (Wildman–Crippen MR) is 117 cm³/mol. The molecule has 4 rings (SSSR count). The molecule has 1 amide bonds. The molecule has 4 aromatic rings. The summed E-state index contributed by atoms with van der Waals surface area (Å²) in [5.74, 6) is 0.673. The number of halogens is 1. The number of pyridine rings is 1. The van der Waals surface area contributed by atoms with Crippen molar-refractivity contribution in [3.8, 4) is 22.7 Å². The number of anilines is 1. The van der Waals surface area contributed by atoms with Crippen LogP contribution in [0.15, 0.2) is 79.1 Å². The van der Waals surface area contributed by atoms with Gasteiger partial charge in [0, 0.05) is 28.5 Å². The summed E-state index contributed by atoms with van der Waals surface area (Å²) in [6.45, 7) is 0. The zero-order valence-corrected chi connectivity index (χ0v) is 17.0. The second kappa shape index (κ2) is 8.80. The molecule has 2 heterocycles. The van der Waals surface area contributed by atoms with E-state index in [1.54, 1.807) is 35.1 Å². The number of nitrogens with one attached hydrogen (secondary N) is 1. The summed E-state index contributed by atoms with van der Waals surface area (Å²) in [6, 6.07) is 20.6.